The Labute approximate surface area is 223 Å². The molecule has 7 nitrogen and oxygen atoms in total. The molecule has 1 spiro atoms. The van der Waals surface area contributed by atoms with E-state index in [1.807, 2.05) is 27.7 Å². The minimum absolute atomic E-state index is 0.121. The predicted molar refractivity (Wildman–Crippen MR) is 148 cm³/mol. The molecule has 2 saturated carbocycles. The molecule has 3 fully saturated rings. The van der Waals surface area contributed by atoms with E-state index in [2.05, 4.69) is 54.5 Å². The second-order valence-corrected chi connectivity index (χ2v) is 12.3. The van der Waals surface area contributed by atoms with Gasteiger partial charge in [0.2, 0.25) is 5.91 Å². The van der Waals surface area contributed by atoms with Crippen molar-refractivity contribution in [1.29, 1.82) is 0 Å². The smallest absolute Gasteiger partial charge is 0.256 e. The number of aromatic nitrogens is 2. The summed E-state index contributed by atoms with van der Waals surface area (Å²) >= 11 is 0. The Hall–Kier alpha value is -3.48. The maximum Gasteiger partial charge on any atom is 0.256 e. The van der Waals surface area contributed by atoms with E-state index in [1.54, 1.807) is 0 Å². The molecule has 4 aliphatic rings. The fraction of sp³-hybridized carbons (Fsp3) is 0.484. The van der Waals surface area contributed by atoms with Gasteiger partial charge < -0.3 is 4.90 Å². The first kappa shape index (κ1) is 23.6. The number of aryl methyl sites for hydroxylation is 1. The third-order valence-corrected chi connectivity index (χ3v) is 9.21. The molecule has 1 aromatic heterocycles. The quantitative estimate of drug-likeness (QED) is 0.497. The molecule has 2 aromatic carbocycles. The molecule has 3 heterocycles. The molecule has 3 aromatic rings. The van der Waals surface area contributed by atoms with Gasteiger partial charge in [-0.3, -0.25) is 24.2 Å². The maximum absolute atomic E-state index is 13.9. The summed E-state index contributed by atoms with van der Waals surface area (Å²) in [5, 5.41) is 5.48. The van der Waals surface area contributed by atoms with Crippen LogP contribution in [0.3, 0.4) is 0 Å². The molecule has 196 valence electrons. The van der Waals surface area contributed by atoms with Crippen LogP contribution in [0.25, 0.3) is 22.0 Å². The number of hydrogen-bond donors (Lipinski definition) is 0. The van der Waals surface area contributed by atoms with E-state index in [0.29, 0.717) is 12.5 Å². The average Bonchev–Trinajstić information content (AvgIpc) is 3.23. The zero-order valence-corrected chi connectivity index (χ0v) is 22.3. The number of aliphatic imine (C=N–C) groups is 1. The Balaban J connectivity index is 1.17. The third-order valence-electron chi connectivity index (χ3n) is 9.21. The van der Waals surface area contributed by atoms with E-state index in [9.17, 15) is 9.59 Å². The Bertz CT molecular complexity index is 1460. The van der Waals surface area contributed by atoms with Crippen molar-refractivity contribution in [2.45, 2.75) is 57.4 Å². The van der Waals surface area contributed by atoms with Crippen LogP contribution in [0.2, 0.25) is 0 Å². The summed E-state index contributed by atoms with van der Waals surface area (Å²) in [5.41, 5.74) is 3.65. The van der Waals surface area contributed by atoms with Crippen LogP contribution in [-0.4, -0.2) is 62.4 Å². The predicted octanol–water partition coefficient (Wildman–Crippen LogP) is 4.79. The molecule has 0 unspecified atom stereocenters. The van der Waals surface area contributed by atoms with Crippen LogP contribution < -0.4 is 0 Å². The van der Waals surface area contributed by atoms with Gasteiger partial charge in [-0.05, 0) is 55.4 Å². The van der Waals surface area contributed by atoms with Crippen molar-refractivity contribution in [2.24, 2.45) is 23.4 Å². The first-order chi connectivity index (χ1) is 18.3. The lowest BCUT2D eigenvalue weighted by atomic mass is 9.88. The summed E-state index contributed by atoms with van der Waals surface area (Å²) in [6.07, 6.45) is 8.64. The fourth-order valence-electron chi connectivity index (χ4n) is 6.78. The van der Waals surface area contributed by atoms with Gasteiger partial charge in [-0.2, -0.15) is 5.10 Å². The lowest BCUT2D eigenvalue weighted by Crippen LogP contribution is -2.47. The van der Waals surface area contributed by atoms with Crippen molar-refractivity contribution in [3.8, 4) is 11.1 Å². The number of amides is 2. The number of carbonyl (C=O) groups excluding carboxylic acids is 2. The Morgan fingerprint density at radius 1 is 1.00 bits per heavy atom. The van der Waals surface area contributed by atoms with Crippen LogP contribution >= 0.6 is 0 Å². The highest BCUT2D eigenvalue weighted by Gasteiger charge is 2.52. The first-order valence-corrected chi connectivity index (χ1v) is 14.1. The average molecular weight is 510 g/mol. The summed E-state index contributed by atoms with van der Waals surface area (Å²) in [7, 11) is 1.96. The third kappa shape index (κ3) is 3.86. The number of benzene rings is 2. The monoisotopic (exact) mass is 509 g/mol. The van der Waals surface area contributed by atoms with E-state index in [4.69, 9.17) is 4.99 Å². The highest BCUT2D eigenvalue weighted by Crippen LogP contribution is 2.43. The number of carbonyl (C=O) groups is 2. The van der Waals surface area contributed by atoms with Gasteiger partial charge >= 0.3 is 0 Å². The molecule has 7 rings (SSSR count). The van der Waals surface area contributed by atoms with Crippen LogP contribution in [0.1, 0.15) is 57.4 Å². The van der Waals surface area contributed by atoms with Gasteiger partial charge in [0.15, 0.2) is 0 Å². The zero-order valence-electron chi connectivity index (χ0n) is 22.3. The van der Waals surface area contributed by atoms with E-state index in [-0.39, 0.29) is 17.2 Å². The molecule has 1 saturated heterocycles. The molecule has 2 amide bonds. The van der Waals surface area contributed by atoms with E-state index in [1.165, 1.54) is 0 Å². The van der Waals surface area contributed by atoms with Gasteiger partial charge in [0.05, 0.1) is 11.7 Å². The number of rotatable bonds is 5. The van der Waals surface area contributed by atoms with Gasteiger partial charge in [0, 0.05) is 49.0 Å². The number of likely N-dealkylation sites (tertiary alicyclic amines) is 1. The van der Waals surface area contributed by atoms with Gasteiger partial charge in [-0.15, -0.1) is 0 Å². The molecule has 2 aliphatic heterocycles. The van der Waals surface area contributed by atoms with E-state index >= 15 is 0 Å². The molecule has 0 N–H and O–H groups in total. The maximum atomic E-state index is 13.9. The minimum Gasteiger partial charge on any atom is -0.342 e. The molecule has 7 heteroatoms. The molecule has 2 aliphatic carbocycles. The summed E-state index contributed by atoms with van der Waals surface area (Å²) in [6.45, 7) is 4.36. The van der Waals surface area contributed by atoms with E-state index in [0.717, 1.165) is 91.5 Å². The summed E-state index contributed by atoms with van der Waals surface area (Å²) in [4.78, 5) is 35.8. The molecule has 0 bridgehead atoms. The number of fused-ring (bicyclic) bond motifs is 1. The minimum atomic E-state index is -0.599. The Morgan fingerprint density at radius 2 is 1.71 bits per heavy atom. The molecular formula is C31H35N5O2. The molecule has 38 heavy (non-hydrogen) atoms. The first-order valence-electron chi connectivity index (χ1n) is 14.1. The van der Waals surface area contributed by atoms with Gasteiger partial charge in [0.1, 0.15) is 11.4 Å². The lowest BCUT2D eigenvalue weighted by molar-refractivity contribution is -0.132. The Morgan fingerprint density at radius 3 is 2.45 bits per heavy atom. The number of amidine groups is 1. The van der Waals surface area contributed by atoms with Crippen LogP contribution in [0.4, 0.5) is 0 Å². The van der Waals surface area contributed by atoms with Crippen LogP contribution in [0, 0.1) is 11.3 Å². The topological polar surface area (TPSA) is 70.8 Å². The van der Waals surface area contributed by atoms with Crippen molar-refractivity contribution in [3.63, 3.8) is 0 Å². The summed E-state index contributed by atoms with van der Waals surface area (Å²) < 4.78 is 1.89. The molecule has 0 radical (unpaired) electrons. The van der Waals surface area contributed by atoms with E-state index < -0.39 is 5.54 Å². The van der Waals surface area contributed by atoms with Gasteiger partial charge in [-0.1, -0.05) is 50.1 Å². The second-order valence-electron chi connectivity index (χ2n) is 12.3. The summed E-state index contributed by atoms with van der Waals surface area (Å²) in [5.74, 6) is 1.51. The normalized spacial score (nSPS) is 24.7. The van der Waals surface area contributed by atoms with Crippen molar-refractivity contribution < 1.29 is 9.59 Å². The molecular weight excluding hydrogens is 474 g/mol. The largest absolute Gasteiger partial charge is 0.342 e. The van der Waals surface area contributed by atoms with Crippen molar-refractivity contribution in [1.82, 2.24) is 19.6 Å². The van der Waals surface area contributed by atoms with Gasteiger partial charge in [-0.25, -0.2) is 0 Å². The zero-order chi connectivity index (χ0) is 26.1. The van der Waals surface area contributed by atoms with Crippen LogP contribution in [0.15, 0.2) is 53.7 Å². The lowest BCUT2D eigenvalue weighted by Gasteiger charge is -2.32. The second kappa shape index (κ2) is 8.52. The fourth-order valence-corrected chi connectivity index (χ4v) is 6.78. The molecule has 1 atom stereocenters. The highest BCUT2D eigenvalue weighted by atomic mass is 16.2. The summed E-state index contributed by atoms with van der Waals surface area (Å²) in [6, 6.07) is 14.9. The highest BCUT2D eigenvalue weighted by molar-refractivity contribution is 6.15. The number of nitrogens with zero attached hydrogens (tertiary/aromatic N) is 5. The van der Waals surface area contributed by atoms with Gasteiger partial charge in [0.25, 0.3) is 5.91 Å². The SMILES string of the molecule is Cn1ncc2cc(-c3ccc(C4=NC5(CCCC5)C(=O)N4C[C@]4(C)CCN(C(=O)C5CC5)C4)cc3)ccc21. The Kier molecular flexibility index (Phi) is 5.29. The standard InChI is InChI=1S/C31H35N5O2/c1-30(15-16-35(19-30)28(37)23-9-10-23)20-36-27(33-31(29(36)38)13-3-4-14-31)22-7-5-21(6-8-22)24-11-12-26-25(17-24)18-32-34(26)2/h5-8,11-12,17-18,23H,3-4,9-10,13-16,19-20H2,1-2H3/t30-/m1/s1. The van der Waals surface area contributed by atoms with Crippen molar-refractivity contribution in [2.75, 3.05) is 19.6 Å². The van der Waals surface area contributed by atoms with Crippen molar-refractivity contribution >= 4 is 28.6 Å². The van der Waals surface area contributed by atoms with Crippen LogP contribution in [-0.2, 0) is 16.6 Å². The number of hydrogen-bond acceptors (Lipinski definition) is 4. The van der Waals surface area contributed by atoms with Crippen molar-refractivity contribution in [3.05, 3.63) is 54.2 Å². The van der Waals surface area contributed by atoms with Crippen LogP contribution in [0.5, 0.6) is 0 Å².